The topological polar surface area (TPSA) is 0 Å². The van der Waals surface area contributed by atoms with Crippen molar-refractivity contribution in [2.75, 3.05) is 0 Å². The van der Waals surface area contributed by atoms with Crippen LogP contribution in [0.25, 0.3) is 0 Å². The second kappa shape index (κ2) is 368. The molecular weight excluding hydrogens is 159 g/mol. The van der Waals surface area contributed by atoms with Gasteiger partial charge in [0.25, 0.3) is 0 Å². The van der Waals surface area contributed by atoms with Crippen LogP contribution in [0.2, 0.25) is 0 Å². The molecule has 0 aromatic carbocycles. The molecule has 1 radical (unpaired) electrons. The first-order valence-electron chi connectivity index (χ1n) is 3.91. The van der Waals surface area contributed by atoms with Crippen LogP contribution >= 0.6 is 0 Å². The predicted octanol–water partition coefficient (Wildman–Crippen LogP) is 4.27. The fourth-order valence-electron chi connectivity index (χ4n) is 0. The van der Waals surface area contributed by atoms with Gasteiger partial charge in [0.05, 0.1) is 0 Å². The molecule has 0 N–H and O–H groups in total. The average Bonchev–Trinajstić information content (AvgIpc) is 2.01. The third-order valence-corrected chi connectivity index (χ3v) is 0. The summed E-state index contributed by atoms with van der Waals surface area (Å²) >= 11 is 0. The number of rotatable bonds is 0. The molecule has 0 spiro atoms. The molecule has 0 aromatic rings. The summed E-state index contributed by atoms with van der Waals surface area (Å²) in [5, 5.41) is 0. The molecule has 0 nitrogen and oxygen atoms in total. The molecule has 0 heterocycles. The first kappa shape index (κ1) is 31.7. The van der Waals surface area contributed by atoms with Gasteiger partial charge in [0, 0.05) is 18.6 Å². The molecule has 10 heavy (non-hydrogen) atoms. The Hall–Kier alpha value is 0.324. The van der Waals surface area contributed by atoms with Crippen molar-refractivity contribution in [1.29, 1.82) is 0 Å². The Balaban J connectivity index is -0.0000000110. The Morgan fingerprint density at radius 2 is 0.800 bits per heavy atom. The van der Waals surface area contributed by atoms with Gasteiger partial charge in [-0.3, -0.25) is 0 Å². The summed E-state index contributed by atoms with van der Waals surface area (Å²) in [5.41, 5.74) is 0. The van der Waals surface area contributed by atoms with E-state index in [0.29, 0.717) is 0 Å². The summed E-state index contributed by atoms with van der Waals surface area (Å²) in [4.78, 5) is 0. The Bertz CT molecular complexity index is 8.69. The van der Waals surface area contributed by atoms with Crippen molar-refractivity contribution in [3.63, 3.8) is 0 Å². The zero-order valence-corrected chi connectivity index (χ0v) is 9.97. The van der Waals surface area contributed by atoms with Crippen LogP contribution in [-0.4, -0.2) is 0 Å². The van der Waals surface area contributed by atoms with Crippen LogP contribution in [0.1, 0.15) is 48.0 Å². The van der Waals surface area contributed by atoms with Gasteiger partial charge in [-0.2, -0.15) is 0 Å². The van der Waals surface area contributed by atoms with E-state index in [1.165, 1.54) is 6.42 Å². The fourth-order valence-corrected chi connectivity index (χ4v) is 0. The van der Waals surface area contributed by atoms with Crippen LogP contribution in [0.3, 0.4) is 0 Å². The van der Waals surface area contributed by atoms with Gasteiger partial charge in [-0.25, -0.2) is 0 Å². The molecule has 1 heteroatoms. The molecular formula is C9H24V. The minimum absolute atomic E-state index is 0. The SMILES string of the molecule is C=C.CC.CC.CCC.[V]. The Labute approximate surface area is 80.0 Å². The number of hydrogen-bond acceptors (Lipinski definition) is 0. The van der Waals surface area contributed by atoms with E-state index in [9.17, 15) is 0 Å². The van der Waals surface area contributed by atoms with Gasteiger partial charge in [-0.05, 0) is 0 Å². The van der Waals surface area contributed by atoms with E-state index in [0.717, 1.165) is 0 Å². The van der Waals surface area contributed by atoms with Crippen molar-refractivity contribution >= 4 is 0 Å². The summed E-state index contributed by atoms with van der Waals surface area (Å²) in [5.74, 6) is 0. The average molecular weight is 183 g/mol. The van der Waals surface area contributed by atoms with Gasteiger partial charge in [0.15, 0.2) is 0 Å². The zero-order valence-electron chi connectivity index (χ0n) is 8.57. The number of hydrogen-bond donors (Lipinski definition) is 0. The normalized spacial score (nSPS) is 3.40. The van der Waals surface area contributed by atoms with E-state index in [2.05, 4.69) is 27.0 Å². The van der Waals surface area contributed by atoms with Gasteiger partial charge >= 0.3 is 0 Å². The molecule has 65 valence electrons. The third-order valence-electron chi connectivity index (χ3n) is 0. The smallest absolute Gasteiger partial charge is 0 e. The first-order valence-corrected chi connectivity index (χ1v) is 3.91. The molecule has 0 aliphatic heterocycles. The Morgan fingerprint density at radius 1 is 0.800 bits per heavy atom. The van der Waals surface area contributed by atoms with E-state index in [4.69, 9.17) is 0 Å². The zero-order chi connectivity index (χ0) is 8.71. The van der Waals surface area contributed by atoms with E-state index in [1.807, 2.05) is 27.7 Å². The van der Waals surface area contributed by atoms with Gasteiger partial charge in [-0.15, -0.1) is 13.2 Å². The molecule has 0 fully saturated rings. The quantitative estimate of drug-likeness (QED) is 0.492. The first-order chi connectivity index (χ1) is 4.41. The monoisotopic (exact) mass is 183 g/mol. The molecule has 0 atom stereocenters. The van der Waals surface area contributed by atoms with Gasteiger partial charge in [0.2, 0.25) is 0 Å². The minimum atomic E-state index is 0. The summed E-state index contributed by atoms with van der Waals surface area (Å²) in [6, 6.07) is 0. The molecule has 0 rings (SSSR count). The van der Waals surface area contributed by atoms with Crippen LogP contribution in [0.5, 0.6) is 0 Å². The van der Waals surface area contributed by atoms with Crippen LogP contribution in [-0.2, 0) is 18.6 Å². The van der Waals surface area contributed by atoms with Crippen molar-refractivity contribution in [3.8, 4) is 0 Å². The molecule has 0 amide bonds. The molecule has 0 aromatic heterocycles. The molecule has 0 aliphatic carbocycles. The van der Waals surface area contributed by atoms with Crippen molar-refractivity contribution in [1.82, 2.24) is 0 Å². The van der Waals surface area contributed by atoms with Crippen molar-refractivity contribution < 1.29 is 18.6 Å². The third kappa shape index (κ3) is 4240. The molecule has 0 aliphatic rings. The van der Waals surface area contributed by atoms with E-state index in [-0.39, 0.29) is 18.6 Å². The molecule has 0 bridgehead atoms. The summed E-state index contributed by atoms with van der Waals surface area (Å²) in [6.07, 6.45) is 1.25. The summed E-state index contributed by atoms with van der Waals surface area (Å²) < 4.78 is 0. The fraction of sp³-hybridized carbons (Fsp3) is 0.778. The van der Waals surface area contributed by atoms with Crippen molar-refractivity contribution in [3.05, 3.63) is 13.2 Å². The second-order valence-corrected chi connectivity index (χ2v) is 0.707. The van der Waals surface area contributed by atoms with Crippen molar-refractivity contribution in [2.24, 2.45) is 0 Å². The maximum Gasteiger partial charge on any atom is 0 e. The van der Waals surface area contributed by atoms with E-state index < -0.39 is 0 Å². The molecule has 0 saturated carbocycles. The molecule has 0 unspecified atom stereocenters. The van der Waals surface area contributed by atoms with E-state index in [1.54, 1.807) is 0 Å². The summed E-state index contributed by atoms with van der Waals surface area (Å²) in [6.45, 7) is 18.2. The van der Waals surface area contributed by atoms with Gasteiger partial charge in [-0.1, -0.05) is 48.0 Å². The van der Waals surface area contributed by atoms with Crippen LogP contribution in [0, 0.1) is 0 Å². The minimum Gasteiger partial charge on any atom is -0.106 e. The van der Waals surface area contributed by atoms with Crippen LogP contribution < -0.4 is 0 Å². The second-order valence-electron chi connectivity index (χ2n) is 0.707. The largest absolute Gasteiger partial charge is 0.106 e. The van der Waals surface area contributed by atoms with Gasteiger partial charge < -0.3 is 0 Å². The Kier molecular flexibility index (Phi) is 1170. The predicted molar refractivity (Wildman–Crippen MR) is 49.9 cm³/mol. The summed E-state index contributed by atoms with van der Waals surface area (Å²) in [7, 11) is 0. The Morgan fingerprint density at radius 3 is 0.800 bits per heavy atom. The van der Waals surface area contributed by atoms with Crippen LogP contribution in [0.15, 0.2) is 13.2 Å². The maximum absolute atomic E-state index is 3.00. The van der Waals surface area contributed by atoms with Crippen molar-refractivity contribution in [2.45, 2.75) is 48.0 Å². The molecule has 0 saturated heterocycles. The van der Waals surface area contributed by atoms with E-state index >= 15 is 0 Å². The maximum atomic E-state index is 3.00. The standard InChI is InChI=1S/C3H8.2C2H6.C2H4.V/c1-3-2;3*1-2;/h3H2,1-2H3;2*1-2H3;1-2H2;. The van der Waals surface area contributed by atoms with Crippen LogP contribution in [0.4, 0.5) is 0 Å². The van der Waals surface area contributed by atoms with Gasteiger partial charge in [0.1, 0.15) is 0 Å².